The Bertz CT molecular complexity index is 1150. The first-order valence-corrected chi connectivity index (χ1v) is 13.3. The van der Waals surface area contributed by atoms with Gasteiger partial charge in [0.2, 0.25) is 5.91 Å². The fourth-order valence-corrected chi connectivity index (χ4v) is 6.02. The molecule has 2 aromatic rings. The zero-order chi connectivity index (χ0) is 29.3. The predicted molar refractivity (Wildman–Crippen MR) is 132 cm³/mol. The molecule has 0 aromatic heterocycles. The molecule has 1 saturated carbocycles. The van der Waals surface area contributed by atoms with Crippen molar-refractivity contribution in [1.29, 1.82) is 0 Å². The molecule has 0 bridgehead atoms. The highest BCUT2D eigenvalue weighted by Gasteiger charge is 2.51. The minimum absolute atomic E-state index is 0.0223. The van der Waals surface area contributed by atoms with Crippen molar-refractivity contribution in [3.05, 3.63) is 70.3 Å². The number of alkyl halides is 6. The molecule has 0 spiro atoms. The van der Waals surface area contributed by atoms with Gasteiger partial charge in [0, 0.05) is 44.8 Å². The van der Waals surface area contributed by atoms with E-state index in [4.69, 9.17) is 0 Å². The number of rotatable bonds is 6. The lowest BCUT2D eigenvalue weighted by atomic mass is 9.78. The van der Waals surface area contributed by atoms with Gasteiger partial charge in [0.05, 0.1) is 11.1 Å². The SMILES string of the molecule is CCNC(=O)C(c1cc(F)cc(F)c1)(c1cc(C(F)(F)F)cc(C(F)(F)F)c1)N1CCN(C2CCCCC2)CC1. The second-order valence-corrected chi connectivity index (χ2v) is 10.3. The molecule has 1 aliphatic carbocycles. The van der Waals surface area contributed by atoms with Gasteiger partial charge in [0.25, 0.3) is 0 Å². The van der Waals surface area contributed by atoms with Crippen molar-refractivity contribution >= 4 is 5.91 Å². The van der Waals surface area contributed by atoms with E-state index in [0.29, 0.717) is 31.3 Å². The number of amides is 1. The molecule has 2 fully saturated rings. The van der Waals surface area contributed by atoms with Gasteiger partial charge in [0.1, 0.15) is 11.6 Å². The van der Waals surface area contributed by atoms with Crippen LogP contribution in [0.2, 0.25) is 0 Å². The smallest absolute Gasteiger partial charge is 0.354 e. The highest BCUT2D eigenvalue weighted by Crippen LogP contribution is 2.44. The van der Waals surface area contributed by atoms with E-state index in [1.807, 2.05) is 0 Å². The van der Waals surface area contributed by atoms with E-state index >= 15 is 0 Å². The first-order valence-electron chi connectivity index (χ1n) is 13.3. The summed E-state index contributed by atoms with van der Waals surface area (Å²) in [6.07, 6.45) is -5.19. The molecule has 2 aliphatic rings. The number of hydrogen-bond acceptors (Lipinski definition) is 3. The second kappa shape index (κ2) is 11.6. The molecule has 1 heterocycles. The average Bonchev–Trinajstić information content (AvgIpc) is 2.88. The van der Waals surface area contributed by atoms with Crippen LogP contribution in [0.5, 0.6) is 0 Å². The third kappa shape index (κ3) is 6.12. The van der Waals surface area contributed by atoms with Crippen LogP contribution in [-0.2, 0) is 22.7 Å². The molecular weight excluding hydrogens is 546 g/mol. The van der Waals surface area contributed by atoms with E-state index in [2.05, 4.69) is 10.2 Å². The maximum absolute atomic E-state index is 14.6. The molecule has 1 amide bonds. The Kier molecular flexibility index (Phi) is 8.79. The van der Waals surface area contributed by atoms with Crippen LogP contribution >= 0.6 is 0 Å². The topological polar surface area (TPSA) is 35.6 Å². The minimum atomic E-state index is -5.18. The fourth-order valence-electron chi connectivity index (χ4n) is 6.02. The first kappa shape index (κ1) is 30.2. The number of benzene rings is 2. The van der Waals surface area contributed by atoms with Crippen LogP contribution < -0.4 is 5.32 Å². The molecule has 0 radical (unpaired) electrons. The van der Waals surface area contributed by atoms with Crippen LogP contribution in [0.25, 0.3) is 0 Å². The summed E-state index contributed by atoms with van der Waals surface area (Å²) in [7, 11) is 0. The highest BCUT2D eigenvalue weighted by molar-refractivity contribution is 5.92. The molecule has 40 heavy (non-hydrogen) atoms. The van der Waals surface area contributed by atoms with Gasteiger partial charge in [-0.3, -0.25) is 14.6 Å². The minimum Gasteiger partial charge on any atom is -0.354 e. The van der Waals surface area contributed by atoms with Crippen molar-refractivity contribution in [2.24, 2.45) is 0 Å². The number of nitrogens with zero attached hydrogens (tertiary/aromatic N) is 2. The molecule has 12 heteroatoms. The number of hydrogen-bond donors (Lipinski definition) is 1. The Morgan fingerprint density at radius 2 is 1.23 bits per heavy atom. The van der Waals surface area contributed by atoms with Crippen molar-refractivity contribution in [3.8, 4) is 0 Å². The average molecular weight is 578 g/mol. The zero-order valence-corrected chi connectivity index (χ0v) is 21.9. The van der Waals surface area contributed by atoms with Crippen LogP contribution in [0, 0.1) is 11.6 Å². The van der Waals surface area contributed by atoms with Gasteiger partial charge in [0.15, 0.2) is 5.54 Å². The van der Waals surface area contributed by atoms with Gasteiger partial charge in [-0.2, -0.15) is 26.3 Å². The van der Waals surface area contributed by atoms with Crippen molar-refractivity contribution in [2.45, 2.75) is 63.0 Å². The summed E-state index contributed by atoms with van der Waals surface area (Å²) in [6, 6.07) is 3.31. The lowest BCUT2D eigenvalue weighted by Crippen LogP contribution is -2.63. The first-order chi connectivity index (χ1) is 18.8. The third-order valence-electron chi connectivity index (χ3n) is 7.83. The van der Waals surface area contributed by atoms with E-state index in [0.717, 1.165) is 44.2 Å². The summed E-state index contributed by atoms with van der Waals surface area (Å²) in [4.78, 5) is 17.6. The number of carbonyl (C=O) groups excluding carboxylic acids is 1. The van der Waals surface area contributed by atoms with Crippen LogP contribution in [0.1, 0.15) is 61.3 Å². The van der Waals surface area contributed by atoms with Crippen LogP contribution in [0.4, 0.5) is 35.1 Å². The molecule has 2 aromatic carbocycles. The Morgan fingerprint density at radius 3 is 1.70 bits per heavy atom. The van der Waals surface area contributed by atoms with Gasteiger partial charge in [-0.05, 0) is 61.2 Å². The van der Waals surface area contributed by atoms with Crippen LogP contribution in [0.15, 0.2) is 36.4 Å². The van der Waals surface area contributed by atoms with Crippen molar-refractivity contribution < 1.29 is 39.9 Å². The quantitative estimate of drug-likeness (QED) is 0.408. The normalized spacial score (nSPS) is 19.8. The van der Waals surface area contributed by atoms with Gasteiger partial charge < -0.3 is 5.32 Å². The highest BCUT2D eigenvalue weighted by atomic mass is 19.4. The van der Waals surface area contributed by atoms with E-state index < -0.39 is 57.7 Å². The maximum Gasteiger partial charge on any atom is 0.416 e. The lowest BCUT2D eigenvalue weighted by Gasteiger charge is -2.49. The van der Waals surface area contributed by atoms with Crippen molar-refractivity contribution in [1.82, 2.24) is 15.1 Å². The van der Waals surface area contributed by atoms with E-state index in [1.165, 1.54) is 11.8 Å². The number of carbonyl (C=O) groups is 1. The summed E-state index contributed by atoms with van der Waals surface area (Å²) >= 11 is 0. The Morgan fingerprint density at radius 1 is 0.750 bits per heavy atom. The molecule has 1 atom stereocenters. The van der Waals surface area contributed by atoms with E-state index in [-0.39, 0.29) is 31.7 Å². The Hall–Kier alpha value is -2.73. The second-order valence-electron chi connectivity index (χ2n) is 10.3. The van der Waals surface area contributed by atoms with Gasteiger partial charge in [-0.15, -0.1) is 0 Å². The summed E-state index contributed by atoms with van der Waals surface area (Å²) in [6.45, 7) is 2.42. The number of nitrogens with one attached hydrogen (secondary N) is 1. The molecule has 1 unspecified atom stereocenters. The Labute approximate surface area is 227 Å². The molecule has 1 aliphatic heterocycles. The third-order valence-corrected chi connectivity index (χ3v) is 7.83. The van der Waals surface area contributed by atoms with Crippen molar-refractivity contribution in [3.63, 3.8) is 0 Å². The molecule has 220 valence electrons. The molecule has 4 rings (SSSR count). The Balaban J connectivity index is 1.94. The summed E-state index contributed by atoms with van der Waals surface area (Å²) < 4.78 is 113. The zero-order valence-electron chi connectivity index (χ0n) is 21.9. The molecule has 1 saturated heterocycles. The van der Waals surface area contributed by atoms with Crippen molar-refractivity contribution in [2.75, 3.05) is 32.7 Å². The largest absolute Gasteiger partial charge is 0.416 e. The lowest BCUT2D eigenvalue weighted by molar-refractivity contribution is -0.144. The number of piperazine rings is 1. The molecule has 1 N–H and O–H groups in total. The summed E-state index contributed by atoms with van der Waals surface area (Å²) in [5, 5.41) is 2.51. The van der Waals surface area contributed by atoms with E-state index in [9.17, 15) is 39.9 Å². The van der Waals surface area contributed by atoms with Crippen LogP contribution in [0.3, 0.4) is 0 Å². The number of halogens is 8. The van der Waals surface area contributed by atoms with Crippen LogP contribution in [-0.4, -0.2) is 54.5 Å². The van der Waals surface area contributed by atoms with Gasteiger partial charge >= 0.3 is 12.4 Å². The summed E-state index contributed by atoms with van der Waals surface area (Å²) in [5.41, 5.74) is -6.68. The standard InChI is InChI=1S/C28H31F8N3O/c1-2-37-25(40)26(19-15-22(29)17-23(30)16-19,39-10-8-38(9-11-39)24-6-4-3-5-7-24)18-12-20(27(31,32)33)14-21(13-18)28(34,35)36/h12-17,24H,2-11H2,1H3,(H,37,40). The number of likely N-dealkylation sites (N-methyl/N-ethyl adjacent to an activating group) is 1. The van der Waals surface area contributed by atoms with Gasteiger partial charge in [-0.25, -0.2) is 8.78 Å². The monoisotopic (exact) mass is 577 g/mol. The van der Waals surface area contributed by atoms with E-state index in [1.54, 1.807) is 0 Å². The molecular formula is C28H31F8N3O. The predicted octanol–water partition coefficient (Wildman–Crippen LogP) is 6.33. The van der Waals surface area contributed by atoms with Gasteiger partial charge in [-0.1, -0.05) is 19.3 Å². The maximum atomic E-state index is 14.6. The summed E-state index contributed by atoms with van der Waals surface area (Å²) in [5.74, 6) is -3.21. The molecule has 4 nitrogen and oxygen atoms in total. The fraction of sp³-hybridized carbons (Fsp3) is 0.536.